The lowest BCUT2D eigenvalue weighted by atomic mass is 10.3. The lowest BCUT2D eigenvalue weighted by molar-refractivity contribution is -0.139. The number of hydrogen-bond acceptors (Lipinski definition) is 3. The summed E-state index contributed by atoms with van der Waals surface area (Å²) in [5.41, 5.74) is 0.446. The molecule has 0 atom stereocenters. The number of amides is 2. The van der Waals surface area contributed by atoms with Crippen molar-refractivity contribution in [2.75, 3.05) is 19.0 Å². The molecular formula is C13H18N2O4. The van der Waals surface area contributed by atoms with Crippen molar-refractivity contribution in [1.29, 1.82) is 0 Å². The molecule has 0 spiro atoms. The second-order valence-corrected chi connectivity index (χ2v) is 4.31. The molecule has 6 nitrogen and oxygen atoms in total. The molecule has 2 amide bonds. The molecule has 1 aromatic carbocycles. The van der Waals surface area contributed by atoms with Crippen molar-refractivity contribution in [1.82, 2.24) is 4.90 Å². The molecule has 0 aromatic heterocycles. The normalized spacial score (nSPS) is 10.1. The van der Waals surface area contributed by atoms with Gasteiger partial charge in [0.05, 0.1) is 5.69 Å². The zero-order valence-electron chi connectivity index (χ0n) is 11.2. The monoisotopic (exact) mass is 266 g/mol. The highest BCUT2D eigenvalue weighted by atomic mass is 16.5. The van der Waals surface area contributed by atoms with E-state index >= 15 is 0 Å². The number of nitrogens with zero attached hydrogens (tertiary/aromatic N) is 1. The Morgan fingerprint density at radius 3 is 2.58 bits per heavy atom. The number of urea groups is 1. The molecule has 0 fully saturated rings. The predicted molar refractivity (Wildman–Crippen MR) is 71.5 cm³/mol. The smallest absolute Gasteiger partial charge is 0.341 e. The number of carbonyl (C=O) groups is 2. The van der Waals surface area contributed by atoms with E-state index in [1.807, 2.05) is 13.8 Å². The molecule has 1 rings (SSSR count). The molecule has 104 valence electrons. The van der Waals surface area contributed by atoms with Crippen LogP contribution < -0.4 is 10.1 Å². The molecule has 0 unspecified atom stereocenters. The van der Waals surface area contributed by atoms with Gasteiger partial charge in [0.2, 0.25) is 0 Å². The number of rotatable bonds is 5. The Morgan fingerprint density at radius 2 is 2.00 bits per heavy atom. The quantitative estimate of drug-likeness (QED) is 0.854. The number of para-hydroxylation sites is 2. The van der Waals surface area contributed by atoms with Crippen LogP contribution in [0.2, 0.25) is 0 Å². The van der Waals surface area contributed by atoms with E-state index in [9.17, 15) is 9.59 Å². The standard InChI is InChI=1S/C13H18N2O4/c1-9(2)15(3)13(18)14-10-6-4-5-7-11(10)19-8-12(16)17/h4-7,9H,8H2,1-3H3,(H,14,18)(H,16,17). The van der Waals surface area contributed by atoms with Crippen LogP contribution in [0, 0.1) is 0 Å². The first-order valence-electron chi connectivity index (χ1n) is 5.89. The number of nitrogens with one attached hydrogen (secondary N) is 1. The van der Waals surface area contributed by atoms with Crippen molar-refractivity contribution in [2.24, 2.45) is 0 Å². The van der Waals surface area contributed by atoms with Crippen molar-refractivity contribution >= 4 is 17.7 Å². The van der Waals surface area contributed by atoms with Gasteiger partial charge < -0.3 is 20.1 Å². The molecule has 6 heteroatoms. The SMILES string of the molecule is CC(C)N(C)C(=O)Nc1ccccc1OCC(=O)O. The summed E-state index contributed by atoms with van der Waals surface area (Å²) < 4.78 is 5.11. The predicted octanol–water partition coefficient (Wildman–Crippen LogP) is 2.02. The minimum absolute atomic E-state index is 0.0621. The molecule has 1 aromatic rings. The largest absolute Gasteiger partial charge is 0.480 e. The van der Waals surface area contributed by atoms with Crippen molar-refractivity contribution < 1.29 is 19.4 Å². The second kappa shape index (κ2) is 6.63. The molecule has 0 saturated heterocycles. The lowest BCUT2D eigenvalue weighted by Crippen LogP contribution is -2.36. The van der Waals surface area contributed by atoms with E-state index in [-0.39, 0.29) is 12.1 Å². The second-order valence-electron chi connectivity index (χ2n) is 4.31. The summed E-state index contributed by atoms with van der Waals surface area (Å²) in [6.07, 6.45) is 0. The Morgan fingerprint density at radius 1 is 1.37 bits per heavy atom. The number of carboxylic acid groups (broad SMARTS) is 1. The first-order valence-corrected chi connectivity index (χ1v) is 5.89. The van der Waals surface area contributed by atoms with Gasteiger partial charge in [-0.15, -0.1) is 0 Å². The molecule has 0 bridgehead atoms. The van der Waals surface area contributed by atoms with E-state index in [0.717, 1.165) is 0 Å². The molecule has 2 N–H and O–H groups in total. The van der Waals surface area contributed by atoms with Crippen molar-refractivity contribution in [3.63, 3.8) is 0 Å². The summed E-state index contributed by atoms with van der Waals surface area (Å²) in [5.74, 6) is -0.740. The summed E-state index contributed by atoms with van der Waals surface area (Å²) in [7, 11) is 1.68. The van der Waals surface area contributed by atoms with Crippen LogP contribution in [-0.2, 0) is 4.79 Å². The van der Waals surface area contributed by atoms with Crippen LogP contribution in [0.3, 0.4) is 0 Å². The minimum Gasteiger partial charge on any atom is -0.480 e. The Labute approximate surface area is 112 Å². The third-order valence-electron chi connectivity index (χ3n) is 2.57. The van der Waals surface area contributed by atoms with Crippen molar-refractivity contribution in [3.8, 4) is 5.75 Å². The maximum absolute atomic E-state index is 11.9. The summed E-state index contributed by atoms with van der Waals surface area (Å²) in [4.78, 5) is 23.9. The number of anilines is 1. The fraction of sp³-hybridized carbons (Fsp3) is 0.385. The zero-order chi connectivity index (χ0) is 14.4. The first kappa shape index (κ1) is 14.8. The van der Waals surface area contributed by atoms with E-state index in [4.69, 9.17) is 9.84 Å². The fourth-order valence-corrected chi connectivity index (χ4v) is 1.27. The van der Waals surface area contributed by atoms with Crippen molar-refractivity contribution in [2.45, 2.75) is 19.9 Å². The Bertz CT molecular complexity index is 460. The summed E-state index contributed by atoms with van der Waals surface area (Å²) in [6.45, 7) is 3.34. The van der Waals surface area contributed by atoms with E-state index in [0.29, 0.717) is 11.4 Å². The van der Waals surface area contributed by atoms with Gasteiger partial charge in [-0.3, -0.25) is 0 Å². The maximum Gasteiger partial charge on any atom is 0.341 e. The lowest BCUT2D eigenvalue weighted by Gasteiger charge is -2.22. The van der Waals surface area contributed by atoms with E-state index in [2.05, 4.69) is 5.32 Å². The van der Waals surface area contributed by atoms with E-state index in [1.54, 1.807) is 31.3 Å². The third kappa shape index (κ3) is 4.50. The van der Waals surface area contributed by atoms with Gasteiger partial charge in [0.25, 0.3) is 0 Å². The van der Waals surface area contributed by atoms with Crippen LogP contribution in [0.5, 0.6) is 5.75 Å². The maximum atomic E-state index is 11.9. The van der Waals surface area contributed by atoms with Crippen LogP contribution in [0.25, 0.3) is 0 Å². The third-order valence-corrected chi connectivity index (χ3v) is 2.57. The van der Waals surface area contributed by atoms with Crippen molar-refractivity contribution in [3.05, 3.63) is 24.3 Å². The summed E-state index contributed by atoms with van der Waals surface area (Å²) in [5, 5.41) is 11.3. The number of carbonyl (C=O) groups excluding carboxylic acids is 1. The van der Waals surface area contributed by atoms with Gasteiger partial charge in [0.1, 0.15) is 5.75 Å². The van der Waals surface area contributed by atoms with E-state index in [1.165, 1.54) is 4.90 Å². The number of hydrogen-bond donors (Lipinski definition) is 2. The van der Waals surface area contributed by atoms with Gasteiger partial charge in [-0.1, -0.05) is 12.1 Å². The number of aliphatic carboxylic acids is 1. The van der Waals surface area contributed by atoms with Gasteiger partial charge in [-0.05, 0) is 26.0 Å². The van der Waals surface area contributed by atoms with Gasteiger partial charge in [0, 0.05) is 13.1 Å². The zero-order valence-corrected chi connectivity index (χ0v) is 11.2. The Balaban J connectivity index is 2.77. The molecule has 0 aliphatic heterocycles. The molecule has 0 saturated carbocycles. The summed E-state index contributed by atoms with van der Waals surface area (Å²) >= 11 is 0. The molecular weight excluding hydrogens is 248 g/mol. The molecule has 0 aliphatic carbocycles. The number of carboxylic acids is 1. The molecule has 0 aliphatic rings. The van der Waals surface area contributed by atoms with Gasteiger partial charge in [0.15, 0.2) is 6.61 Å². The van der Waals surface area contributed by atoms with Crippen LogP contribution in [0.4, 0.5) is 10.5 Å². The highest BCUT2D eigenvalue weighted by Crippen LogP contribution is 2.24. The number of benzene rings is 1. The topological polar surface area (TPSA) is 78.9 Å². The number of ether oxygens (including phenoxy) is 1. The molecule has 0 radical (unpaired) electrons. The Kier molecular flexibility index (Phi) is 5.17. The molecule has 0 heterocycles. The fourth-order valence-electron chi connectivity index (χ4n) is 1.27. The highest BCUT2D eigenvalue weighted by Gasteiger charge is 2.14. The highest BCUT2D eigenvalue weighted by molar-refractivity contribution is 5.91. The van der Waals surface area contributed by atoms with Gasteiger partial charge in [-0.2, -0.15) is 0 Å². The van der Waals surface area contributed by atoms with Crippen LogP contribution in [-0.4, -0.2) is 41.7 Å². The first-order chi connectivity index (χ1) is 8.91. The van der Waals surface area contributed by atoms with Crippen LogP contribution in [0.15, 0.2) is 24.3 Å². The van der Waals surface area contributed by atoms with Crippen LogP contribution >= 0.6 is 0 Å². The minimum atomic E-state index is -1.07. The van der Waals surface area contributed by atoms with Gasteiger partial charge in [-0.25, -0.2) is 9.59 Å². The molecule has 19 heavy (non-hydrogen) atoms. The van der Waals surface area contributed by atoms with Gasteiger partial charge >= 0.3 is 12.0 Å². The Hall–Kier alpha value is -2.24. The average molecular weight is 266 g/mol. The average Bonchev–Trinajstić information content (AvgIpc) is 2.36. The van der Waals surface area contributed by atoms with E-state index < -0.39 is 12.6 Å². The summed E-state index contributed by atoms with van der Waals surface area (Å²) in [6, 6.07) is 6.49. The van der Waals surface area contributed by atoms with Crippen LogP contribution in [0.1, 0.15) is 13.8 Å².